The summed E-state index contributed by atoms with van der Waals surface area (Å²) in [6.07, 6.45) is 0. The highest BCUT2D eigenvalue weighted by Gasteiger charge is 2.16. The topological polar surface area (TPSA) is 90.1 Å². The van der Waals surface area contributed by atoms with Crippen molar-refractivity contribution < 1.29 is 9.72 Å². The van der Waals surface area contributed by atoms with Gasteiger partial charge in [0.2, 0.25) is 5.91 Å². The van der Waals surface area contributed by atoms with E-state index in [-0.39, 0.29) is 17.9 Å². The Kier molecular flexibility index (Phi) is 4.23. The number of hydrogen-bond acceptors (Lipinski definition) is 4. The molecule has 2 rings (SSSR count). The molecule has 0 aliphatic heterocycles. The van der Waals surface area contributed by atoms with Crippen LogP contribution in [0.2, 0.25) is 5.02 Å². The quantitative estimate of drug-likeness (QED) is 0.694. The van der Waals surface area contributed by atoms with Crippen LogP contribution in [0.15, 0.2) is 24.3 Å². The van der Waals surface area contributed by atoms with Gasteiger partial charge in [-0.2, -0.15) is 5.10 Å². The minimum atomic E-state index is -0.546. The number of halogens is 1. The molecule has 1 N–H and O–H groups in total. The smallest absolute Gasteiger partial charge is 0.292 e. The number of anilines is 1. The summed E-state index contributed by atoms with van der Waals surface area (Å²) in [6.45, 7) is 3.43. The summed E-state index contributed by atoms with van der Waals surface area (Å²) in [7, 11) is 0. The predicted octanol–water partition coefficient (Wildman–Crippen LogP) is 2.70. The lowest BCUT2D eigenvalue weighted by Gasteiger charge is -2.07. The monoisotopic (exact) mass is 308 g/mol. The Balaban J connectivity index is 2.16. The van der Waals surface area contributed by atoms with E-state index >= 15 is 0 Å². The second kappa shape index (κ2) is 5.92. The number of carbonyl (C=O) groups excluding carboxylic acids is 1. The summed E-state index contributed by atoms with van der Waals surface area (Å²) in [5.74, 6) is -0.411. The van der Waals surface area contributed by atoms with Crippen molar-refractivity contribution in [2.45, 2.75) is 20.4 Å². The maximum absolute atomic E-state index is 12.0. The average Bonchev–Trinajstić information content (AvgIpc) is 2.66. The zero-order chi connectivity index (χ0) is 15.6. The molecule has 0 unspecified atom stereocenters. The van der Waals surface area contributed by atoms with Gasteiger partial charge in [-0.25, -0.2) is 0 Å². The molecule has 1 amide bonds. The minimum Gasteiger partial charge on any atom is -0.319 e. The van der Waals surface area contributed by atoms with E-state index in [0.717, 1.165) is 0 Å². The molecule has 0 aliphatic rings. The van der Waals surface area contributed by atoms with Crippen molar-refractivity contribution in [2.75, 3.05) is 5.32 Å². The van der Waals surface area contributed by atoms with Crippen LogP contribution >= 0.6 is 11.6 Å². The fourth-order valence-electron chi connectivity index (χ4n) is 1.89. The highest BCUT2D eigenvalue weighted by atomic mass is 35.5. The van der Waals surface area contributed by atoms with Gasteiger partial charge >= 0.3 is 0 Å². The lowest BCUT2D eigenvalue weighted by molar-refractivity contribution is -0.383. The summed E-state index contributed by atoms with van der Waals surface area (Å²) in [6, 6.07) is 5.96. The normalized spacial score (nSPS) is 10.4. The van der Waals surface area contributed by atoms with E-state index in [4.69, 9.17) is 11.6 Å². The van der Waals surface area contributed by atoms with Gasteiger partial charge in [-0.15, -0.1) is 0 Å². The zero-order valence-corrected chi connectivity index (χ0v) is 12.2. The van der Waals surface area contributed by atoms with Crippen LogP contribution in [0.1, 0.15) is 11.4 Å². The van der Waals surface area contributed by atoms with Crippen molar-refractivity contribution in [2.24, 2.45) is 0 Å². The number of benzene rings is 1. The third kappa shape index (κ3) is 3.19. The molecule has 1 aromatic heterocycles. The Hall–Kier alpha value is -2.41. The molecular formula is C13H13ClN4O3. The van der Waals surface area contributed by atoms with Crippen LogP contribution in [0.4, 0.5) is 11.4 Å². The summed E-state index contributed by atoms with van der Waals surface area (Å²) in [4.78, 5) is 22.3. The Labute approximate surface area is 125 Å². The molecule has 0 saturated heterocycles. The number of carbonyl (C=O) groups is 1. The van der Waals surface area contributed by atoms with Gasteiger partial charge in [-0.3, -0.25) is 19.6 Å². The number of aromatic nitrogens is 2. The van der Waals surface area contributed by atoms with Crippen LogP contribution in [0, 0.1) is 24.0 Å². The molecule has 21 heavy (non-hydrogen) atoms. The number of nitro benzene ring substituents is 1. The van der Waals surface area contributed by atoms with E-state index in [1.807, 2.05) is 0 Å². The Morgan fingerprint density at radius 3 is 2.67 bits per heavy atom. The molecule has 0 aliphatic carbocycles. The van der Waals surface area contributed by atoms with Crippen molar-refractivity contribution in [3.05, 3.63) is 50.8 Å². The standard InChI is InChI=1S/C13H13ClN4O3/c1-8-13(14)9(2)17(16-8)7-12(19)15-10-5-3-4-6-11(10)18(20)21/h3-6H,7H2,1-2H3,(H,15,19). The molecule has 7 nitrogen and oxygen atoms in total. The third-order valence-electron chi connectivity index (χ3n) is 2.96. The molecule has 0 atom stereocenters. The molecule has 0 bridgehead atoms. The molecule has 8 heteroatoms. The summed E-state index contributed by atoms with van der Waals surface area (Å²) >= 11 is 6.00. The van der Waals surface area contributed by atoms with Crippen LogP contribution in [0.3, 0.4) is 0 Å². The first-order valence-corrected chi connectivity index (χ1v) is 6.50. The SMILES string of the molecule is Cc1nn(CC(=O)Nc2ccccc2[N+](=O)[O-])c(C)c1Cl. The number of nitrogens with zero attached hydrogens (tertiary/aromatic N) is 3. The second-order valence-electron chi connectivity index (χ2n) is 4.46. The summed E-state index contributed by atoms with van der Waals surface area (Å²) < 4.78 is 1.46. The number of aryl methyl sites for hydroxylation is 1. The molecule has 2 aromatic rings. The van der Waals surface area contributed by atoms with Crippen molar-refractivity contribution in [3.63, 3.8) is 0 Å². The van der Waals surface area contributed by atoms with Gasteiger partial charge in [0.25, 0.3) is 5.69 Å². The molecule has 0 radical (unpaired) electrons. The highest BCUT2D eigenvalue weighted by molar-refractivity contribution is 6.31. The lowest BCUT2D eigenvalue weighted by Crippen LogP contribution is -2.20. The fraction of sp³-hybridized carbons (Fsp3) is 0.231. The van der Waals surface area contributed by atoms with Gasteiger partial charge in [0.05, 0.1) is 21.3 Å². The first-order chi connectivity index (χ1) is 9.90. The van der Waals surface area contributed by atoms with Crippen LogP contribution in [0.25, 0.3) is 0 Å². The molecule has 110 valence electrons. The number of rotatable bonds is 4. The van der Waals surface area contributed by atoms with Crippen LogP contribution in [-0.2, 0) is 11.3 Å². The van der Waals surface area contributed by atoms with Crippen LogP contribution in [-0.4, -0.2) is 20.6 Å². The van der Waals surface area contributed by atoms with Gasteiger partial charge in [-0.05, 0) is 19.9 Å². The van der Waals surface area contributed by atoms with Crippen LogP contribution in [0.5, 0.6) is 0 Å². The molecule has 0 saturated carbocycles. The van der Waals surface area contributed by atoms with E-state index in [2.05, 4.69) is 10.4 Å². The number of amides is 1. The van der Waals surface area contributed by atoms with Crippen LogP contribution < -0.4 is 5.32 Å². The number of hydrogen-bond donors (Lipinski definition) is 1. The summed E-state index contributed by atoms with van der Waals surface area (Å²) in [5, 5.41) is 18.0. The highest BCUT2D eigenvalue weighted by Crippen LogP contribution is 2.23. The molecule has 0 spiro atoms. The average molecular weight is 309 g/mol. The van der Waals surface area contributed by atoms with E-state index in [1.165, 1.54) is 22.9 Å². The third-order valence-corrected chi connectivity index (χ3v) is 3.51. The first kappa shape index (κ1) is 15.0. The van der Waals surface area contributed by atoms with Gasteiger partial charge in [-0.1, -0.05) is 23.7 Å². The predicted molar refractivity (Wildman–Crippen MR) is 78.4 cm³/mol. The van der Waals surface area contributed by atoms with E-state index in [1.54, 1.807) is 19.9 Å². The molecular weight excluding hydrogens is 296 g/mol. The second-order valence-corrected chi connectivity index (χ2v) is 4.84. The zero-order valence-electron chi connectivity index (χ0n) is 11.5. The maximum atomic E-state index is 12.0. The first-order valence-electron chi connectivity index (χ1n) is 6.13. The van der Waals surface area contributed by atoms with Gasteiger partial charge in [0.15, 0.2) is 0 Å². The van der Waals surface area contributed by atoms with Gasteiger partial charge < -0.3 is 5.32 Å². The molecule has 1 aromatic carbocycles. The van der Waals surface area contributed by atoms with E-state index in [9.17, 15) is 14.9 Å². The Bertz CT molecular complexity index is 711. The lowest BCUT2D eigenvalue weighted by atomic mass is 10.2. The number of para-hydroxylation sites is 2. The Morgan fingerprint density at radius 2 is 2.10 bits per heavy atom. The van der Waals surface area contributed by atoms with E-state index in [0.29, 0.717) is 16.4 Å². The summed E-state index contributed by atoms with van der Waals surface area (Å²) in [5.41, 5.74) is 1.30. The van der Waals surface area contributed by atoms with Crippen molar-refractivity contribution in [1.82, 2.24) is 9.78 Å². The van der Waals surface area contributed by atoms with E-state index < -0.39 is 10.8 Å². The Morgan fingerprint density at radius 1 is 1.43 bits per heavy atom. The fourth-order valence-corrected chi connectivity index (χ4v) is 2.03. The van der Waals surface area contributed by atoms with Crippen molar-refractivity contribution >= 4 is 28.9 Å². The van der Waals surface area contributed by atoms with Gasteiger partial charge in [0, 0.05) is 6.07 Å². The minimum absolute atomic E-state index is 0.0640. The van der Waals surface area contributed by atoms with Crippen molar-refractivity contribution in [1.29, 1.82) is 0 Å². The van der Waals surface area contributed by atoms with Crippen molar-refractivity contribution in [3.8, 4) is 0 Å². The number of nitrogens with one attached hydrogen (secondary N) is 1. The molecule has 1 heterocycles. The number of nitro groups is 1. The maximum Gasteiger partial charge on any atom is 0.292 e. The molecule has 0 fully saturated rings. The largest absolute Gasteiger partial charge is 0.319 e. The van der Waals surface area contributed by atoms with Gasteiger partial charge in [0.1, 0.15) is 12.2 Å².